The molecule has 27 heavy (non-hydrogen) atoms. The fraction of sp³-hybridized carbons (Fsp3) is 0. The van der Waals surface area contributed by atoms with Crippen LogP contribution in [-0.2, 0) is 0 Å². The normalized spacial score (nSPS) is 11.0. The highest BCUT2D eigenvalue weighted by Crippen LogP contribution is 2.31. The zero-order chi connectivity index (χ0) is 18.1. The van der Waals surface area contributed by atoms with Gasteiger partial charge in [0.1, 0.15) is 0 Å². The lowest BCUT2D eigenvalue weighted by Gasteiger charge is -2.10. The summed E-state index contributed by atoms with van der Waals surface area (Å²) in [6.45, 7) is 0. The third-order valence-electron chi connectivity index (χ3n) is 5.00. The SMILES string of the molecule is c1ccc(Nc2ccc3cc(-c4cccc5ccccc45)ccc3c2)cc1. The molecule has 0 radical (unpaired) electrons. The number of benzene rings is 5. The fourth-order valence-corrected chi connectivity index (χ4v) is 3.66. The van der Waals surface area contributed by atoms with E-state index in [-0.39, 0.29) is 0 Å². The number of nitrogens with one attached hydrogen (secondary N) is 1. The Kier molecular flexibility index (Phi) is 3.84. The van der Waals surface area contributed by atoms with Gasteiger partial charge in [-0.15, -0.1) is 0 Å². The zero-order valence-corrected chi connectivity index (χ0v) is 14.9. The monoisotopic (exact) mass is 345 g/mol. The van der Waals surface area contributed by atoms with Crippen molar-refractivity contribution in [3.05, 3.63) is 109 Å². The second-order valence-electron chi connectivity index (χ2n) is 6.79. The molecule has 0 aliphatic heterocycles. The molecule has 0 aliphatic rings. The number of para-hydroxylation sites is 1. The number of anilines is 2. The lowest BCUT2D eigenvalue weighted by Crippen LogP contribution is -1.89. The van der Waals surface area contributed by atoms with E-state index in [2.05, 4.69) is 96.3 Å². The van der Waals surface area contributed by atoms with Crippen molar-refractivity contribution in [3.63, 3.8) is 0 Å². The van der Waals surface area contributed by atoms with Crippen LogP contribution in [0.3, 0.4) is 0 Å². The third kappa shape index (κ3) is 3.04. The lowest BCUT2D eigenvalue weighted by molar-refractivity contribution is 1.57. The Bertz CT molecular complexity index is 1230. The molecular weight excluding hydrogens is 326 g/mol. The van der Waals surface area contributed by atoms with Gasteiger partial charge in [-0.1, -0.05) is 78.9 Å². The molecule has 0 aliphatic carbocycles. The molecule has 0 fully saturated rings. The molecule has 5 aromatic rings. The predicted molar refractivity (Wildman–Crippen MR) is 117 cm³/mol. The van der Waals surface area contributed by atoms with Gasteiger partial charge >= 0.3 is 0 Å². The summed E-state index contributed by atoms with van der Waals surface area (Å²) in [5.41, 5.74) is 4.74. The second kappa shape index (κ2) is 6.62. The molecule has 5 aromatic carbocycles. The molecule has 1 nitrogen and oxygen atoms in total. The molecule has 0 saturated carbocycles. The van der Waals surface area contributed by atoms with E-state index in [1.54, 1.807) is 0 Å². The van der Waals surface area contributed by atoms with Crippen molar-refractivity contribution in [1.29, 1.82) is 0 Å². The van der Waals surface area contributed by atoms with E-state index >= 15 is 0 Å². The predicted octanol–water partition coefficient (Wildman–Crippen LogP) is 7.40. The molecular formula is C26H19N. The van der Waals surface area contributed by atoms with E-state index in [0.717, 1.165) is 11.4 Å². The number of rotatable bonds is 3. The summed E-state index contributed by atoms with van der Waals surface area (Å²) < 4.78 is 0. The van der Waals surface area contributed by atoms with Gasteiger partial charge in [0.05, 0.1) is 0 Å². The maximum Gasteiger partial charge on any atom is 0.0390 e. The molecule has 0 amide bonds. The van der Waals surface area contributed by atoms with E-state index in [4.69, 9.17) is 0 Å². The Morgan fingerprint density at radius 1 is 0.444 bits per heavy atom. The van der Waals surface area contributed by atoms with Gasteiger partial charge in [0.2, 0.25) is 0 Å². The van der Waals surface area contributed by atoms with Crippen LogP contribution in [0.1, 0.15) is 0 Å². The second-order valence-corrected chi connectivity index (χ2v) is 6.79. The minimum atomic E-state index is 1.10. The highest BCUT2D eigenvalue weighted by Gasteiger charge is 2.05. The van der Waals surface area contributed by atoms with Gasteiger partial charge in [0.15, 0.2) is 0 Å². The van der Waals surface area contributed by atoms with Gasteiger partial charge in [-0.05, 0) is 63.0 Å². The minimum absolute atomic E-state index is 1.10. The standard InChI is InChI=1S/C26H19N/c1-2-9-23(10-3-1)27-24-16-15-20-17-22(14-13-21(20)18-24)26-12-6-8-19-7-4-5-11-25(19)26/h1-18,27H. The summed E-state index contributed by atoms with van der Waals surface area (Å²) in [6, 6.07) is 38.6. The van der Waals surface area contributed by atoms with Gasteiger partial charge in [-0.3, -0.25) is 0 Å². The van der Waals surface area contributed by atoms with Crippen LogP contribution in [-0.4, -0.2) is 0 Å². The van der Waals surface area contributed by atoms with E-state index in [1.165, 1.54) is 32.7 Å². The van der Waals surface area contributed by atoms with Gasteiger partial charge in [0.25, 0.3) is 0 Å². The Balaban J connectivity index is 1.55. The van der Waals surface area contributed by atoms with Crippen molar-refractivity contribution in [2.75, 3.05) is 5.32 Å². The first kappa shape index (κ1) is 15.7. The van der Waals surface area contributed by atoms with Crippen molar-refractivity contribution in [2.24, 2.45) is 0 Å². The van der Waals surface area contributed by atoms with E-state index in [9.17, 15) is 0 Å². The molecule has 0 saturated heterocycles. The van der Waals surface area contributed by atoms with Gasteiger partial charge in [-0.25, -0.2) is 0 Å². The number of fused-ring (bicyclic) bond motifs is 2. The van der Waals surface area contributed by atoms with Crippen molar-refractivity contribution in [1.82, 2.24) is 0 Å². The van der Waals surface area contributed by atoms with Crippen molar-refractivity contribution < 1.29 is 0 Å². The van der Waals surface area contributed by atoms with Crippen LogP contribution in [0.5, 0.6) is 0 Å². The molecule has 0 heterocycles. The quantitative estimate of drug-likeness (QED) is 0.359. The maximum atomic E-state index is 3.47. The Labute approximate surface area is 158 Å². The molecule has 0 spiro atoms. The minimum Gasteiger partial charge on any atom is -0.356 e. The molecule has 1 N–H and O–H groups in total. The zero-order valence-electron chi connectivity index (χ0n) is 14.9. The molecule has 0 atom stereocenters. The fourth-order valence-electron chi connectivity index (χ4n) is 3.66. The van der Waals surface area contributed by atoms with Gasteiger partial charge < -0.3 is 5.32 Å². The van der Waals surface area contributed by atoms with Crippen molar-refractivity contribution in [2.45, 2.75) is 0 Å². The average Bonchev–Trinajstić information content (AvgIpc) is 2.74. The van der Waals surface area contributed by atoms with Crippen LogP contribution < -0.4 is 5.32 Å². The molecule has 5 rings (SSSR count). The molecule has 0 aromatic heterocycles. The topological polar surface area (TPSA) is 12.0 Å². The largest absolute Gasteiger partial charge is 0.356 e. The molecule has 128 valence electrons. The van der Waals surface area contributed by atoms with Crippen LogP contribution in [0, 0.1) is 0 Å². The summed E-state index contributed by atoms with van der Waals surface area (Å²) in [7, 11) is 0. The number of hydrogen-bond acceptors (Lipinski definition) is 1. The summed E-state index contributed by atoms with van der Waals surface area (Å²) >= 11 is 0. The lowest BCUT2D eigenvalue weighted by atomic mass is 9.96. The summed E-state index contributed by atoms with van der Waals surface area (Å²) in [5, 5.41) is 8.52. The van der Waals surface area contributed by atoms with Gasteiger partial charge in [0, 0.05) is 11.4 Å². The molecule has 0 unspecified atom stereocenters. The van der Waals surface area contributed by atoms with Crippen LogP contribution >= 0.6 is 0 Å². The van der Waals surface area contributed by atoms with E-state index < -0.39 is 0 Å². The van der Waals surface area contributed by atoms with Crippen LogP contribution in [0.4, 0.5) is 11.4 Å². The highest BCUT2D eigenvalue weighted by atomic mass is 14.9. The number of hydrogen-bond donors (Lipinski definition) is 1. The highest BCUT2D eigenvalue weighted by molar-refractivity contribution is 5.99. The maximum absolute atomic E-state index is 3.47. The summed E-state index contributed by atoms with van der Waals surface area (Å²) in [4.78, 5) is 0. The molecule has 0 bridgehead atoms. The van der Waals surface area contributed by atoms with E-state index in [0.29, 0.717) is 0 Å². The Morgan fingerprint density at radius 2 is 1.19 bits per heavy atom. The third-order valence-corrected chi connectivity index (χ3v) is 5.00. The van der Waals surface area contributed by atoms with E-state index in [1.807, 2.05) is 18.2 Å². The van der Waals surface area contributed by atoms with Crippen LogP contribution in [0.2, 0.25) is 0 Å². The first-order valence-corrected chi connectivity index (χ1v) is 9.21. The Hall–Kier alpha value is -3.58. The first-order chi connectivity index (χ1) is 13.4. The van der Waals surface area contributed by atoms with Crippen LogP contribution in [0.15, 0.2) is 109 Å². The van der Waals surface area contributed by atoms with Crippen molar-refractivity contribution in [3.8, 4) is 11.1 Å². The van der Waals surface area contributed by atoms with Crippen molar-refractivity contribution >= 4 is 32.9 Å². The average molecular weight is 345 g/mol. The van der Waals surface area contributed by atoms with Crippen LogP contribution in [0.25, 0.3) is 32.7 Å². The first-order valence-electron chi connectivity index (χ1n) is 9.21. The molecule has 1 heteroatoms. The van der Waals surface area contributed by atoms with Gasteiger partial charge in [-0.2, -0.15) is 0 Å². The summed E-state index contributed by atoms with van der Waals surface area (Å²) in [5.74, 6) is 0. The smallest absolute Gasteiger partial charge is 0.0390 e. The Morgan fingerprint density at radius 3 is 2.11 bits per heavy atom. The summed E-state index contributed by atoms with van der Waals surface area (Å²) in [6.07, 6.45) is 0.